The van der Waals surface area contributed by atoms with E-state index in [2.05, 4.69) is 150 Å². The van der Waals surface area contributed by atoms with E-state index in [9.17, 15) is 0 Å². The number of hydrogen-bond acceptors (Lipinski definition) is 2. The molecule has 2 rings (SSSR count). The van der Waals surface area contributed by atoms with Crippen molar-refractivity contribution in [2.24, 2.45) is 0 Å². The molecule has 0 fully saturated rings. The van der Waals surface area contributed by atoms with Crippen LogP contribution in [-0.4, -0.2) is 18.4 Å². The number of halogens is 7. The largest absolute Gasteiger partial charge is 0.407 e. The van der Waals surface area contributed by atoms with Gasteiger partial charge in [-0.05, 0) is 39.8 Å². The third kappa shape index (κ3) is 6.36. The van der Waals surface area contributed by atoms with E-state index in [1.165, 1.54) is 19.6 Å². The molecule has 0 amide bonds. The first-order chi connectivity index (χ1) is 11.7. The van der Waals surface area contributed by atoms with Gasteiger partial charge in [-0.1, -0.05) is 0 Å². The second kappa shape index (κ2) is 10.4. The molecule has 14 heteroatoms. The Morgan fingerprint density at radius 3 is 1.31 bits per heavy atom. The fourth-order valence-electron chi connectivity index (χ4n) is 2.74. The van der Waals surface area contributed by atoms with E-state index in [-0.39, 0.29) is 21.5 Å². The van der Waals surface area contributed by atoms with Crippen LogP contribution in [0.3, 0.4) is 0 Å². The summed E-state index contributed by atoms with van der Waals surface area (Å²) in [5, 5.41) is 1.05. The van der Waals surface area contributed by atoms with Gasteiger partial charge in [0.05, 0.1) is 20.3 Å². The van der Waals surface area contributed by atoms with Crippen LogP contribution in [0.2, 0.25) is 0 Å². The first-order valence-electron chi connectivity index (χ1n) is 7.73. The normalized spacial score (nSPS) is 17.8. The van der Waals surface area contributed by atoms with Crippen LogP contribution in [0.25, 0.3) is 0 Å². The van der Waals surface area contributed by atoms with Crippen LogP contribution in [-0.2, 0) is 21.5 Å². The molecule has 1 heterocycles. The zero-order valence-corrected chi connectivity index (χ0v) is 28.7. The maximum absolute atomic E-state index is 3.87. The summed E-state index contributed by atoms with van der Waals surface area (Å²) in [7, 11) is 0.0473. The number of hydrogen-bond donors (Lipinski definition) is 0. The molecule has 0 N–H and O–H groups in total. The van der Waals surface area contributed by atoms with Crippen molar-refractivity contribution in [2.75, 3.05) is 0 Å². The topological polar surface area (TPSA) is 0 Å². The molecular formula is C12H16B3Br7S4. The van der Waals surface area contributed by atoms with Crippen LogP contribution in [0, 0.1) is 0 Å². The summed E-state index contributed by atoms with van der Waals surface area (Å²) in [5.41, 5.74) is 0. The summed E-state index contributed by atoms with van der Waals surface area (Å²) in [6.45, 7) is 9.18. The minimum Gasteiger partial charge on any atom is -0.257 e. The quantitative estimate of drug-likeness (QED) is 0.207. The van der Waals surface area contributed by atoms with E-state index in [1.807, 2.05) is 23.2 Å². The lowest BCUT2D eigenvalue weighted by Crippen LogP contribution is -2.34. The first-order valence-corrected chi connectivity index (χ1v) is 18.6. The van der Waals surface area contributed by atoms with Crippen LogP contribution in [0.1, 0.15) is 27.7 Å². The maximum Gasteiger partial charge on any atom is 0.407 e. The molecule has 1 aromatic rings. The molecule has 0 saturated heterocycles. The Morgan fingerprint density at radius 2 is 1.08 bits per heavy atom. The van der Waals surface area contributed by atoms with Crippen LogP contribution in [0.4, 0.5) is 0 Å². The van der Waals surface area contributed by atoms with Gasteiger partial charge in [-0.25, -0.2) is 0 Å². The molecular weight excluding hydrogens is 864 g/mol. The van der Waals surface area contributed by atoms with Crippen molar-refractivity contribution in [3.8, 4) is 0 Å². The highest BCUT2D eigenvalue weighted by Gasteiger charge is 2.46. The Morgan fingerprint density at radius 1 is 0.769 bits per heavy atom. The van der Waals surface area contributed by atoms with Crippen molar-refractivity contribution in [3.63, 3.8) is 0 Å². The Balaban J connectivity index is 2.67. The zero-order valence-electron chi connectivity index (χ0n) is 14.3. The summed E-state index contributed by atoms with van der Waals surface area (Å²) < 4.78 is -1.63. The smallest absolute Gasteiger partial charge is 0.257 e. The minimum absolute atomic E-state index is 0.0236. The van der Waals surface area contributed by atoms with Gasteiger partial charge in [0.1, 0.15) is 9.79 Å². The molecule has 0 saturated carbocycles. The third-order valence-corrected chi connectivity index (χ3v) is 19.5. The van der Waals surface area contributed by atoms with Crippen LogP contribution in [0.5, 0.6) is 0 Å². The van der Waals surface area contributed by atoms with Gasteiger partial charge in [0.2, 0.25) is 0 Å². The van der Waals surface area contributed by atoms with Gasteiger partial charge in [-0.3, -0.25) is 94.5 Å². The van der Waals surface area contributed by atoms with Gasteiger partial charge < -0.3 is 0 Å². The highest BCUT2D eigenvalue weighted by Crippen LogP contribution is 2.57. The van der Waals surface area contributed by atoms with E-state index in [0.717, 1.165) is 0 Å². The van der Waals surface area contributed by atoms with Crippen molar-refractivity contribution in [3.05, 3.63) is 12.1 Å². The Hall–Kier alpha value is 4.17. The molecule has 2 unspecified atom stereocenters. The Bertz CT molecular complexity index is 610. The van der Waals surface area contributed by atoms with Crippen molar-refractivity contribution < 1.29 is 0 Å². The highest BCUT2D eigenvalue weighted by molar-refractivity contribution is 9.78. The van der Waals surface area contributed by atoms with Crippen molar-refractivity contribution in [1.29, 1.82) is 0 Å². The van der Waals surface area contributed by atoms with Gasteiger partial charge in [0, 0.05) is 0 Å². The molecule has 26 heavy (non-hydrogen) atoms. The summed E-state index contributed by atoms with van der Waals surface area (Å²) in [5.74, 6) is 0. The van der Waals surface area contributed by atoms with E-state index in [1.54, 1.807) is 0 Å². The average Bonchev–Trinajstić information content (AvgIpc) is 2.79. The summed E-state index contributed by atoms with van der Waals surface area (Å²) in [6, 6.07) is 4.71. The van der Waals surface area contributed by atoms with Crippen LogP contribution >= 0.6 is 134 Å². The van der Waals surface area contributed by atoms with Gasteiger partial charge in [-0.2, -0.15) is 0 Å². The molecule has 0 nitrogen and oxygen atoms in total. The maximum atomic E-state index is 3.87. The van der Waals surface area contributed by atoms with E-state index >= 15 is 0 Å². The van der Waals surface area contributed by atoms with Gasteiger partial charge in [-0.15, -0.1) is 60.5 Å². The summed E-state index contributed by atoms with van der Waals surface area (Å²) >= 11 is 30.9. The Labute approximate surface area is 229 Å². The summed E-state index contributed by atoms with van der Waals surface area (Å²) in [6.07, 6.45) is 0. The van der Waals surface area contributed by atoms with Gasteiger partial charge in [0.15, 0.2) is 0 Å². The fraction of sp³-hybridized carbons (Fsp3) is 0.500. The molecule has 0 bridgehead atoms. The molecule has 2 atom stereocenters. The first kappa shape index (κ1) is 26.4. The van der Waals surface area contributed by atoms with Crippen molar-refractivity contribution >= 4 is 163 Å². The summed E-state index contributed by atoms with van der Waals surface area (Å²) in [4.78, 5) is 5.74. The Kier molecular flexibility index (Phi) is 10.6. The molecule has 0 radical (unpaired) electrons. The molecule has 1 aliphatic heterocycles. The van der Waals surface area contributed by atoms with E-state index in [0.29, 0.717) is 14.6 Å². The SMILES string of the molecule is CC(C)[S+](c1ccc([S+](C(C)C)[B-](Br)(Br)Br)c2c1SB(Br)S2)[B-](Br)(Br)Br. The minimum atomic E-state index is -0.994. The predicted octanol–water partition coefficient (Wildman–Crippen LogP) is 9.28. The van der Waals surface area contributed by atoms with Crippen molar-refractivity contribution in [2.45, 2.75) is 57.8 Å². The lowest BCUT2D eigenvalue weighted by atomic mass is 10.3. The highest BCUT2D eigenvalue weighted by atomic mass is 80.0. The standard InChI is InChI=1S/C12H16B3Br7S4/c1-7(2)25(14(17,18)19)9-5-6-10(12-11(9)23-13(16)24-12)26(8(3)4)15(20,21)22/h5-8H,1-4H3. The van der Waals surface area contributed by atoms with Crippen LogP contribution in [0.15, 0.2) is 31.7 Å². The van der Waals surface area contributed by atoms with Gasteiger partial charge >= 0.3 is 7.89 Å². The van der Waals surface area contributed by atoms with Crippen LogP contribution < -0.4 is 0 Å². The molecule has 0 aliphatic carbocycles. The molecule has 0 aromatic heterocycles. The fourth-order valence-corrected chi connectivity index (χ4v) is 22.4. The van der Waals surface area contributed by atoms with Crippen molar-refractivity contribution in [1.82, 2.24) is 0 Å². The average molecular weight is 880 g/mol. The molecule has 1 aliphatic rings. The van der Waals surface area contributed by atoms with Gasteiger partial charge in [0.25, 0.3) is 0 Å². The monoisotopic (exact) mass is 873 g/mol. The lowest BCUT2D eigenvalue weighted by Gasteiger charge is -2.31. The third-order valence-electron chi connectivity index (χ3n) is 3.56. The number of rotatable bonds is 6. The van der Waals surface area contributed by atoms with E-state index in [4.69, 9.17) is 0 Å². The number of benzene rings is 1. The molecule has 1 aromatic carbocycles. The molecule has 146 valence electrons. The predicted molar refractivity (Wildman–Crippen MR) is 159 cm³/mol. The zero-order chi connectivity index (χ0) is 20.0. The second-order valence-corrected chi connectivity index (χ2v) is 35.7. The lowest BCUT2D eigenvalue weighted by molar-refractivity contribution is 1.01. The number of fused-ring (bicyclic) bond motifs is 1. The molecule has 0 spiro atoms. The van der Waals surface area contributed by atoms with E-state index < -0.39 is 3.79 Å². The second-order valence-electron chi connectivity index (χ2n) is 6.10.